The van der Waals surface area contributed by atoms with Crippen LogP contribution in [0.5, 0.6) is 0 Å². The first-order valence-corrected chi connectivity index (χ1v) is 10.2. The molecule has 0 radical (unpaired) electrons. The molecule has 3 heterocycles. The number of nitrogens with zero attached hydrogens (tertiary/aromatic N) is 6. The smallest absolute Gasteiger partial charge is 0.353 e. The standard InChI is InChI=1S/C17H17F3N6O2S/c1-12-21-22-15-5-6-16(23-26(12)15)24-7-9-25(10-8-24)29(27,28)14-4-2-3-13(11-14)17(18,19)20/h2-6,11H,7-10H2,1H3. The molecule has 0 N–H and O–H groups in total. The SMILES string of the molecule is Cc1nnc2ccc(N3CCN(S(=O)(=O)c4cccc(C(F)(F)F)c4)CC3)nn12. The van der Waals surface area contributed by atoms with E-state index in [1.807, 2.05) is 4.90 Å². The van der Waals surface area contributed by atoms with E-state index in [1.54, 1.807) is 23.6 Å². The largest absolute Gasteiger partial charge is 0.416 e. The molecule has 1 fully saturated rings. The molecular weight excluding hydrogens is 409 g/mol. The summed E-state index contributed by atoms with van der Waals surface area (Å²) in [6.07, 6.45) is -4.60. The van der Waals surface area contributed by atoms with Gasteiger partial charge in [0.2, 0.25) is 10.0 Å². The minimum absolute atomic E-state index is 0.138. The molecule has 2 aromatic heterocycles. The molecule has 0 atom stereocenters. The first kappa shape index (κ1) is 19.6. The van der Waals surface area contributed by atoms with Crippen molar-refractivity contribution in [3.05, 3.63) is 47.8 Å². The molecule has 154 valence electrons. The third kappa shape index (κ3) is 3.65. The number of alkyl halides is 3. The average Bonchev–Trinajstić information content (AvgIpc) is 3.08. The van der Waals surface area contributed by atoms with Crippen LogP contribution in [0.15, 0.2) is 41.3 Å². The summed E-state index contributed by atoms with van der Waals surface area (Å²) in [6, 6.07) is 7.36. The van der Waals surface area contributed by atoms with Gasteiger partial charge in [-0.05, 0) is 37.3 Å². The van der Waals surface area contributed by atoms with E-state index in [2.05, 4.69) is 15.3 Å². The van der Waals surface area contributed by atoms with E-state index in [1.165, 1.54) is 10.4 Å². The third-order valence-corrected chi connectivity index (χ3v) is 6.66. The molecular formula is C17H17F3N6O2S. The number of rotatable bonds is 3. The molecule has 29 heavy (non-hydrogen) atoms. The Hall–Kier alpha value is -2.73. The Morgan fingerprint density at radius 1 is 1.00 bits per heavy atom. The second kappa shape index (κ2) is 6.95. The fourth-order valence-corrected chi connectivity index (χ4v) is 4.66. The third-order valence-electron chi connectivity index (χ3n) is 4.77. The molecule has 1 saturated heterocycles. The molecule has 0 amide bonds. The highest BCUT2D eigenvalue weighted by Crippen LogP contribution is 2.31. The Bertz CT molecular complexity index is 1150. The van der Waals surface area contributed by atoms with Gasteiger partial charge < -0.3 is 4.90 Å². The Morgan fingerprint density at radius 2 is 1.72 bits per heavy atom. The Labute approximate surface area is 164 Å². The van der Waals surface area contributed by atoms with Gasteiger partial charge in [-0.2, -0.15) is 22.0 Å². The highest BCUT2D eigenvalue weighted by Gasteiger charge is 2.34. The number of halogens is 3. The Kier molecular flexibility index (Phi) is 4.69. The van der Waals surface area contributed by atoms with Crippen molar-refractivity contribution in [3.8, 4) is 0 Å². The number of sulfonamides is 1. The molecule has 1 aliphatic heterocycles. The molecule has 0 saturated carbocycles. The van der Waals surface area contributed by atoms with Crippen molar-refractivity contribution in [2.75, 3.05) is 31.1 Å². The summed E-state index contributed by atoms with van der Waals surface area (Å²) >= 11 is 0. The van der Waals surface area contributed by atoms with Gasteiger partial charge in [0.1, 0.15) is 5.82 Å². The minimum atomic E-state index is -4.60. The maximum Gasteiger partial charge on any atom is 0.416 e. The highest BCUT2D eigenvalue weighted by molar-refractivity contribution is 7.89. The number of hydrogen-bond donors (Lipinski definition) is 0. The number of aryl methyl sites for hydroxylation is 1. The lowest BCUT2D eigenvalue weighted by molar-refractivity contribution is -0.137. The van der Waals surface area contributed by atoms with Crippen LogP contribution in [0.3, 0.4) is 0 Å². The van der Waals surface area contributed by atoms with Gasteiger partial charge in [-0.3, -0.25) is 0 Å². The van der Waals surface area contributed by atoms with Gasteiger partial charge in [0, 0.05) is 26.2 Å². The van der Waals surface area contributed by atoms with E-state index >= 15 is 0 Å². The molecule has 4 rings (SSSR count). The summed E-state index contributed by atoms with van der Waals surface area (Å²) in [4.78, 5) is 1.55. The molecule has 0 bridgehead atoms. The maximum absolute atomic E-state index is 12.9. The quantitative estimate of drug-likeness (QED) is 0.637. The van der Waals surface area contributed by atoms with Crippen molar-refractivity contribution in [1.82, 2.24) is 24.1 Å². The van der Waals surface area contributed by atoms with Gasteiger partial charge >= 0.3 is 6.18 Å². The Balaban J connectivity index is 1.52. The van der Waals surface area contributed by atoms with Gasteiger partial charge in [0.05, 0.1) is 10.5 Å². The van der Waals surface area contributed by atoms with Gasteiger partial charge in [-0.15, -0.1) is 15.3 Å². The number of fused-ring (bicyclic) bond motifs is 1. The van der Waals surface area contributed by atoms with Crippen LogP contribution < -0.4 is 4.90 Å². The summed E-state index contributed by atoms with van der Waals surface area (Å²) in [5.74, 6) is 1.28. The van der Waals surface area contributed by atoms with Gasteiger partial charge in [0.25, 0.3) is 0 Å². The summed E-state index contributed by atoms with van der Waals surface area (Å²) < 4.78 is 67.2. The zero-order valence-electron chi connectivity index (χ0n) is 15.3. The monoisotopic (exact) mass is 426 g/mol. The van der Waals surface area contributed by atoms with Crippen LogP contribution in [0.25, 0.3) is 5.65 Å². The van der Waals surface area contributed by atoms with Crippen molar-refractivity contribution in [2.45, 2.75) is 18.0 Å². The second-order valence-electron chi connectivity index (χ2n) is 6.63. The zero-order chi connectivity index (χ0) is 20.8. The first-order chi connectivity index (χ1) is 13.7. The number of anilines is 1. The maximum atomic E-state index is 12.9. The molecule has 0 spiro atoms. The van der Waals surface area contributed by atoms with E-state index in [0.717, 1.165) is 12.1 Å². The molecule has 0 aliphatic carbocycles. The molecule has 1 aliphatic rings. The van der Waals surface area contributed by atoms with Crippen LogP contribution in [0.2, 0.25) is 0 Å². The van der Waals surface area contributed by atoms with Crippen molar-refractivity contribution in [2.24, 2.45) is 0 Å². The number of aromatic nitrogens is 4. The van der Waals surface area contributed by atoms with Gasteiger partial charge in [-0.1, -0.05) is 6.07 Å². The summed E-state index contributed by atoms with van der Waals surface area (Å²) in [7, 11) is -4.02. The Morgan fingerprint density at radius 3 is 2.41 bits per heavy atom. The van der Waals surface area contributed by atoms with Crippen molar-refractivity contribution in [3.63, 3.8) is 0 Å². The van der Waals surface area contributed by atoms with Crippen LogP contribution in [0.1, 0.15) is 11.4 Å². The normalized spacial score (nSPS) is 16.5. The average molecular weight is 426 g/mol. The van der Waals surface area contributed by atoms with Gasteiger partial charge in [-0.25, -0.2) is 8.42 Å². The highest BCUT2D eigenvalue weighted by atomic mass is 32.2. The van der Waals surface area contributed by atoms with Gasteiger partial charge in [0.15, 0.2) is 11.5 Å². The predicted octanol–water partition coefficient (Wildman–Crippen LogP) is 1.96. The van der Waals surface area contributed by atoms with E-state index in [-0.39, 0.29) is 18.0 Å². The lowest BCUT2D eigenvalue weighted by atomic mass is 10.2. The summed E-state index contributed by atoms with van der Waals surface area (Å²) in [6.45, 7) is 2.77. The van der Waals surface area contributed by atoms with Crippen LogP contribution >= 0.6 is 0 Å². The fraction of sp³-hybridized carbons (Fsp3) is 0.353. The van der Waals surface area contributed by atoms with Crippen LogP contribution in [0, 0.1) is 6.92 Å². The molecule has 8 nitrogen and oxygen atoms in total. The molecule has 0 unspecified atom stereocenters. The zero-order valence-corrected chi connectivity index (χ0v) is 16.2. The van der Waals surface area contributed by atoms with Crippen molar-refractivity contribution >= 4 is 21.5 Å². The lowest BCUT2D eigenvalue weighted by Crippen LogP contribution is -2.49. The molecule has 1 aromatic carbocycles. The summed E-state index contributed by atoms with van der Waals surface area (Å²) in [5.41, 5.74) is -0.379. The number of hydrogen-bond acceptors (Lipinski definition) is 6. The second-order valence-corrected chi connectivity index (χ2v) is 8.56. The van der Waals surface area contributed by atoms with Crippen LogP contribution in [-0.2, 0) is 16.2 Å². The first-order valence-electron chi connectivity index (χ1n) is 8.78. The number of benzene rings is 1. The van der Waals surface area contributed by atoms with Crippen molar-refractivity contribution in [1.29, 1.82) is 0 Å². The topological polar surface area (TPSA) is 83.7 Å². The van der Waals surface area contributed by atoms with Crippen LogP contribution in [0.4, 0.5) is 19.0 Å². The van der Waals surface area contributed by atoms with Crippen LogP contribution in [-0.4, -0.2) is 58.7 Å². The van der Waals surface area contributed by atoms with E-state index in [9.17, 15) is 21.6 Å². The number of piperazine rings is 1. The lowest BCUT2D eigenvalue weighted by Gasteiger charge is -2.34. The molecule has 3 aromatic rings. The van der Waals surface area contributed by atoms with E-state index in [4.69, 9.17) is 0 Å². The van der Waals surface area contributed by atoms with E-state index < -0.39 is 21.8 Å². The summed E-state index contributed by atoms with van der Waals surface area (Å²) in [5, 5.41) is 12.4. The van der Waals surface area contributed by atoms with Crippen molar-refractivity contribution < 1.29 is 21.6 Å². The minimum Gasteiger partial charge on any atom is -0.353 e. The predicted molar refractivity (Wildman–Crippen MR) is 97.9 cm³/mol. The molecule has 12 heteroatoms. The van der Waals surface area contributed by atoms with E-state index in [0.29, 0.717) is 36.4 Å². The fourth-order valence-electron chi connectivity index (χ4n) is 3.19.